The molecule has 0 amide bonds. The van der Waals surface area contributed by atoms with Crippen molar-refractivity contribution in [2.24, 2.45) is 5.92 Å². The minimum Gasteiger partial charge on any atom is -0.469 e. The molecule has 4 rings (SSSR count). The maximum atomic E-state index is 12.1. The van der Waals surface area contributed by atoms with Gasteiger partial charge in [-0.1, -0.05) is 17.7 Å². The molecule has 32 heavy (non-hydrogen) atoms. The maximum absolute atomic E-state index is 12.1. The highest BCUT2D eigenvalue weighted by molar-refractivity contribution is 6.30. The van der Waals surface area contributed by atoms with E-state index >= 15 is 0 Å². The second-order valence-electron chi connectivity index (χ2n) is 8.76. The quantitative estimate of drug-likeness (QED) is 0.459. The van der Waals surface area contributed by atoms with Gasteiger partial charge in [0, 0.05) is 36.5 Å². The first-order chi connectivity index (χ1) is 15.6. The molecule has 2 fully saturated rings. The number of carbonyl (C=O) groups excluding carboxylic acids is 1. The van der Waals surface area contributed by atoms with Gasteiger partial charge in [0.25, 0.3) is 0 Å². The first-order valence-corrected chi connectivity index (χ1v) is 12.0. The molecule has 2 aromatic carbocycles. The third-order valence-corrected chi connectivity index (χ3v) is 6.91. The van der Waals surface area contributed by atoms with Crippen molar-refractivity contribution in [3.63, 3.8) is 0 Å². The summed E-state index contributed by atoms with van der Waals surface area (Å²) in [5, 5.41) is 4.34. The number of nitrogens with one attached hydrogen (secondary N) is 1. The minimum absolute atomic E-state index is 0.143. The third-order valence-electron chi connectivity index (χ3n) is 6.66. The van der Waals surface area contributed by atoms with Gasteiger partial charge in [0.2, 0.25) is 0 Å². The van der Waals surface area contributed by atoms with E-state index in [9.17, 15) is 4.79 Å². The van der Waals surface area contributed by atoms with Crippen molar-refractivity contribution < 1.29 is 14.3 Å². The Bertz CT molecular complexity index is 908. The van der Waals surface area contributed by atoms with Crippen molar-refractivity contribution in [2.75, 3.05) is 37.1 Å². The van der Waals surface area contributed by atoms with Crippen molar-refractivity contribution in [3.8, 4) is 0 Å². The lowest BCUT2D eigenvalue weighted by molar-refractivity contribution is -0.141. The van der Waals surface area contributed by atoms with Crippen LogP contribution in [0.2, 0.25) is 5.02 Å². The summed E-state index contributed by atoms with van der Waals surface area (Å²) in [6.45, 7) is 4.75. The van der Waals surface area contributed by atoms with Gasteiger partial charge in [0.05, 0.1) is 24.9 Å². The molecule has 1 saturated carbocycles. The molecule has 5 nitrogen and oxygen atoms in total. The van der Waals surface area contributed by atoms with Gasteiger partial charge >= 0.3 is 5.97 Å². The lowest BCUT2D eigenvalue weighted by atomic mass is 9.90. The van der Waals surface area contributed by atoms with Crippen LogP contribution in [0.25, 0.3) is 0 Å². The van der Waals surface area contributed by atoms with Crippen molar-refractivity contribution in [1.29, 1.82) is 0 Å². The van der Waals surface area contributed by atoms with Gasteiger partial charge in [-0.05, 0) is 86.4 Å². The molecule has 172 valence electrons. The summed E-state index contributed by atoms with van der Waals surface area (Å²) in [4.78, 5) is 14.6. The molecular weight excluding hydrogens is 424 g/mol. The average Bonchev–Trinajstić information content (AvgIpc) is 3.66. The molecule has 0 radical (unpaired) electrons. The smallest absolute Gasteiger partial charge is 0.306 e. The van der Waals surface area contributed by atoms with E-state index in [0.717, 1.165) is 44.0 Å². The summed E-state index contributed by atoms with van der Waals surface area (Å²) in [5.74, 6) is 0.608. The monoisotopic (exact) mass is 456 g/mol. The summed E-state index contributed by atoms with van der Waals surface area (Å²) in [5.41, 5.74) is 4.44. The van der Waals surface area contributed by atoms with Crippen LogP contribution < -0.4 is 10.2 Å². The van der Waals surface area contributed by atoms with Gasteiger partial charge in [0.1, 0.15) is 0 Å². The Morgan fingerprint density at radius 1 is 1.16 bits per heavy atom. The molecule has 1 heterocycles. The second-order valence-corrected chi connectivity index (χ2v) is 9.20. The van der Waals surface area contributed by atoms with Crippen LogP contribution in [0.15, 0.2) is 42.5 Å². The third kappa shape index (κ3) is 5.57. The van der Waals surface area contributed by atoms with Gasteiger partial charge in [-0.2, -0.15) is 0 Å². The van der Waals surface area contributed by atoms with Crippen molar-refractivity contribution in [2.45, 2.75) is 51.0 Å². The molecule has 1 atom stereocenters. The highest BCUT2D eigenvalue weighted by atomic mass is 35.5. The lowest BCUT2D eigenvalue weighted by Gasteiger charge is -2.37. The van der Waals surface area contributed by atoms with Gasteiger partial charge in [-0.25, -0.2) is 0 Å². The average molecular weight is 457 g/mol. The number of carbonyl (C=O) groups is 1. The zero-order valence-corrected chi connectivity index (χ0v) is 19.7. The van der Waals surface area contributed by atoms with E-state index < -0.39 is 0 Å². The SMILES string of the molecule is CCN(c1ccc(C(CC(=O)OC)C2CC2)cc1Nc1ccc(Cl)cc1)C1CCOCC1. The van der Waals surface area contributed by atoms with E-state index in [1.54, 1.807) is 0 Å². The molecule has 0 aromatic heterocycles. The van der Waals surface area contributed by atoms with E-state index in [1.807, 2.05) is 24.3 Å². The predicted octanol–water partition coefficient (Wildman–Crippen LogP) is 6.15. The van der Waals surface area contributed by atoms with Crippen molar-refractivity contribution in [1.82, 2.24) is 0 Å². The number of halogens is 1. The van der Waals surface area contributed by atoms with Crippen LogP contribution >= 0.6 is 11.6 Å². The number of ether oxygens (including phenoxy) is 2. The largest absolute Gasteiger partial charge is 0.469 e. The molecule has 1 N–H and O–H groups in total. The highest BCUT2D eigenvalue weighted by Crippen LogP contribution is 2.46. The van der Waals surface area contributed by atoms with Crippen LogP contribution in [-0.2, 0) is 14.3 Å². The van der Waals surface area contributed by atoms with E-state index in [4.69, 9.17) is 21.1 Å². The number of esters is 1. The molecule has 0 spiro atoms. The fourth-order valence-electron chi connectivity index (χ4n) is 4.76. The van der Waals surface area contributed by atoms with Gasteiger partial charge < -0.3 is 19.7 Å². The van der Waals surface area contributed by atoms with Crippen LogP contribution in [-0.4, -0.2) is 38.9 Å². The Morgan fingerprint density at radius 3 is 2.50 bits per heavy atom. The highest BCUT2D eigenvalue weighted by Gasteiger charge is 2.34. The molecular formula is C26H33ClN2O3. The maximum Gasteiger partial charge on any atom is 0.306 e. The van der Waals surface area contributed by atoms with Crippen molar-refractivity contribution >= 4 is 34.6 Å². The number of hydrogen-bond donors (Lipinski definition) is 1. The fourth-order valence-corrected chi connectivity index (χ4v) is 4.89. The Hall–Kier alpha value is -2.24. The van der Waals surface area contributed by atoms with E-state index in [2.05, 4.69) is 35.3 Å². The molecule has 2 aromatic rings. The van der Waals surface area contributed by atoms with Crippen molar-refractivity contribution in [3.05, 3.63) is 53.1 Å². The topological polar surface area (TPSA) is 50.8 Å². The molecule has 1 aliphatic heterocycles. The molecule has 1 unspecified atom stereocenters. The number of hydrogen-bond acceptors (Lipinski definition) is 5. The molecule has 6 heteroatoms. The van der Waals surface area contributed by atoms with Gasteiger partial charge in [0.15, 0.2) is 0 Å². The second kappa shape index (κ2) is 10.6. The Kier molecular flexibility index (Phi) is 7.59. The first-order valence-electron chi connectivity index (χ1n) is 11.7. The number of benzene rings is 2. The summed E-state index contributed by atoms with van der Waals surface area (Å²) in [7, 11) is 1.47. The zero-order valence-electron chi connectivity index (χ0n) is 19.0. The Morgan fingerprint density at radius 2 is 1.88 bits per heavy atom. The van der Waals surface area contributed by atoms with Crippen LogP contribution in [0.4, 0.5) is 17.1 Å². The predicted molar refractivity (Wildman–Crippen MR) is 130 cm³/mol. The zero-order chi connectivity index (χ0) is 22.5. The summed E-state index contributed by atoms with van der Waals surface area (Å²) < 4.78 is 10.6. The van der Waals surface area contributed by atoms with Crippen LogP contribution in [0.3, 0.4) is 0 Å². The Balaban J connectivity index is 1.69. The van der Waals surface area contributed by atoms with Gasteiger partial charge in [-0.3, -0.25) is 4.79 Å². The number of nitrogens with zero attached hydrogens (tertiary/aromatic N) is 1. The van der Waals surface area contributed by atoms with Crippen LogP contribution in [0.5, 0.6) is 0 Å². The first kappa shape index (κ1) is 22.9. The normalized spacial score (nSPS) is 17.6. The van der Waals surface area contributed by atoms with E-state index in [1.165, 1.54) is 31.2 Å². The fraction of sp³-hybridized carbons (Fsp3) is 0.500. The molecule has 1 saturated heterocycles. The van der Waals surface area contributed by atoms with E-state index in [-0.39, 0.29) is 11.9 Å². The standard InChI is InChI=1S/C26H33ClN2O3/c1-3-29(22-12-14-32-15-13-22)25-11-6-19(23(18-4-5-18)17-26(30)31-2)16-24(25)28-21-9-7-20(27)8-10-21/h6-11,16,18,22-23,28H,3-5,12-15,17H2,1-2H3. The summed E-state index contributed by atoms with van der Waals surface area (Å²) >= 11 is 6.10. The molecule has 2 aliphatic rings. The molecule has 0 bridgehead atoms. The Labute approximate surface area is 196 Å². The number of methoxy groups -OCH3 is 1. The van der Waals surface area contributed by atoms with E-state index in [0.29, 0.717) is 23.4 Å². The number of rotatable bonds is 9. The van der Waals surface area contributed by atoms with Crippen LogP contribution in [0.1, 0.15) is 50.5 Å². The van der Waals surface area contributed by atoms with Crippen LogP contribution in [0, 0.1) is 5.92 Å². The number of anilines is 3. The minimum atomic E-state index is -0.143. The summed E-state index contributed by atoms with van der Waals surface area (Å²) in [6.07, 6.45) is 4.84. The lowest BCUT2D eigenvalue weighted by Crippen LogP contribution is -2.39. The summed E-state index contributed by atoms with van der Waals surface area (Å²) in [6, 6.07) is 14.9. The van der Waals surface area contributed by atoms with Gasteiger partial charge in [-0.15, -0.1) is 0 Å². The molecule has 1 aliphatic carbocycles.